The second kappa shape index (κ2) is 11.4. The van der Waals surface area contributed by atoms with E-state index < -0.39 is 14.7 Å². The van der Waals surface area contributed by atoms with Gasteiger partial charge in [0, 0.05) is 5.92 Å². The molecular formula is C32H23Cl3Ti. The van der Waals surface area contributed by atoms with Gasteiger partial charge in [0.15, 0.2) is 0 Å². The largest absolute Gasteiger partial charge is 0.179 e. The molecule has 1 aliphatic rings. The molecule has 0 heterocycles. The molecular weight excluding hydrogens is 539 g/mol. The molecule has 0 fully saturated rings. The molecule has 6 rings (SSSR count). The zero-order valence-electron chi connectivity index (χ0n) is 19.4. The van der Waals surface area contributed by atoms with Crippen molar-refractivity contribution in [1.82, 2.24) is 0 Å². The van der Waals surface area contributed by atoms with Crippen molar-refractivity contribution in [2.24, 2.45) is 0 Å². The van der Waals surface area contributed by atoms with Crippen molar-refractivity contribution in [3.05, 3.63) is 167 Å². The van der Waals surface area contributed by atoms with Crippen molar-refractivity contribution in [3.8, 4) is 11.1 Å². The fourth-order valence-electron chi connectivity index (χ4n) is 5.63. The van der Waals surface area contributed by atoms with Crippen molar-refractivity contribution >= 4 is 27.9 Å². The van der Waals surface area contributed by atoms with Crippen LogP contribution in [0.3, 0.4) is 0 Å². The van der Waals surface area contributed by atoms with Crippen LogP contribution >= 0.6 is 27.9 Å². The van der Waals surface area contributed by atoms with Gasteiger partial charge < -0.3 is 0 Å². The van der Waals surface area contributed by atoms with Crippen LogP contribution in [0.4, 0.5) is 0 Å². The SMILES string of the molecule is [Cl][Ti+]([Cl])[Cl].[c-]1cccc2c1C(C(c1ccccc1)(c1ccccc1)c1ccccc1)c1ccccc1-2. The first-order chi connectivity index (χ1) is 17.6. The van der Waals surface area contributed by atoms with E-state index in [0.29, 0.717) is 0 Å². The molecule has 0 nitrogen and oxygen atoms in total. The summed E-state index contributed by atoms with van der Waals surface area (Å²) < 4.78 is 0. The molecule has 0 spiro atoms. The van der Waals surface area contributed by atoms with E-state index in [-0.39, 0.29) is 11.3 Å². The molecule has 0 N–H and O–H groups in total. The second-order valence-corrected chi connectivity index (χ2v) is 16.4. The average molecular weight is 562 g/mol. The van der Waals surface area contributed by atoms with Crippen LogP contribution in [0.25, 0.3) is 11.1 Å². The van der Waals surface area contributed by atoms with Crippen LogP contribution in [0.1, 0.15) is 33.7 Å². The summed E-state index contributed by atoms with van der Waals surface area (Å²) in [6, 6.07) is 51.9. The van der Waals surface area contributed by atoms with E-state index in [1.54, 1.807) is 0 Å². The fraction of sp³-hybridized carbons (Fsp3) is 0.0625. The van der Waals surface area contributed by atoms with Crippen LogP contribution in [-0.2, 0) is 20.1 Å². The van der Waals surface area contributed by atoms with Gasteiger partial charge in [-0.1, -0.05) is 121 Å². The molecule has 5 aromatic carbocycles. The maximum absolute atomic E-state index is 4.97. The summed E-state index contributed by atoms with van der Waals surface area (Å²) in [5.74, 6) is 0.113. The molecule has 0 aromatic heterocycles. The minimum atomic E-state index is -1.92. The van der Waals surface area contributed by atoms with Crippen LogP contribution in [-0.4, -0.2) is 0 Å². The molecule has 1 aliphatic carbocycles. The summed E-state index contributed by atoms with van der Waals surface area (Å²) >= 11 is -1.92. The Hall–Kier alpha value is -2.32. The van der Waals surface area contributed by atoms with Crippen LogP contribution in [0.5, 0.6) is 0 Å². The number of benzene rings is 5. The Labute approximate surface area is 231 Å². The summed E-state index contributed by atoms with van der Waals surface area (Å²) in [4.78, 5) is 0. The van der Waals surface area contributed by atoms with Gasteiger partial charge in [-0.05, 0) is 22.3 Å². The van der Waals surface area contributed by atoms with Crippen LogP contribution in [0.2, 0.25) is 0 Å². The zero-order chi connectivity index (χ0) is 25.0. The maximum atomic E-state index is 4.97. The number of hydrogen-bond acceptors (Lipinski definition) is 0. The predicted octanol–water partition coefficient (Wildman–Crippen LogP) is 9.70. The maximum Gasteiger partial charge on any atom is 0.0539 e. The van der Waals surface area contributed by atoms with E-state index in [1.165, 1.54) is 38.9 Å². The Balaban J connectivity index is 0.000000623. The van der Waals surface area contributed by atoms with Crippen molar-refractivity contribution < 1.29 is 14.7 Å². The van der Waals surface area contributed by atoms with Gasteiger partial charge in [0.05, 0.1) is 5.41 Å². The minimum absolute atomic E-state index is 0.113. The third-order valence-corrected chi connectivity index (χ3v) is 6.86. The zero-order valence-corrected chi connectivity index (χ0v) is 23.2. The van der Waals surface area contributed by atoms with Crippen LogP contribution in [0.15, 0.2) is 133 Å². The minimum Gasteiger partial charge on any atom is -0.179 e. The predicted molar refractivity (Wildman–Crippen MR) is 149 cm³/mol. The number of halogens is 3. The molecule has 0 saturated heterocycles. The molecule has 0 bridgehead atoms. The first-order valence-electron chi connectivity index (χ1n) is 11.7. The molecule has 0 radical (unpaired) electrons. The Bertz CT molecular complexity index is 1280. The summed E-state index contributed by atoms with van der Waals surface area (Å²) in [5, 5.41) is 0. The first-order valence-corrected chi connectivity index (χ1v) is 18.2. The summed E-state index contributed by atoms with van der Waals surface area (Å²) in [7, 11) is 14.9. The molecule has 4 heteroatoms. The Morgan fingerprint density at radius 3 is 1.44 bits per heavy atom. The quantitative estimate of drug-likeness (QED) is 0.116. The Morgan fingerprint density at radius 2 is 0.944 bits per heavy atom. The van der Waals surface area contributed by atoms with Gasteiger partial charge in [-0.25, -0.2) is 0 Å². The fourth-order valence-corrected chi connectivity index (χ4v) is 5.63. The molecule has 1 unspecified atom stereocenters. The molecule has 36 heavy (non-hydrogen) atoms. The summed E-state index contributed by atoms with van der Waals surface area (Å²) in [6.45, 7) is 0. The Kier molecular flexibility index (Phi) is 8.01. The average Bonchev–Trinajstić information content (AvgIpc) is 3.26. The van der Waals surface area contributed by atoms with Crippen molar-refractivity contribution in [3.63, 3.8) is 0 Å². The topological polar surface area (TPSA) is 0 Å². The van der Waals surface area contributed by atoms with E-state index in [9.17, 15) is 0 Å². The molecule has 5 aromatic rings. The standard InChI is InChI=1S/C32H23.3ClH.Ti/c1-4-14-24(15-5-1)32(25-16-6-2-7-17-25,26-18-8-3-9-19-26)31-29-22-12-10-20-27(29)28-21-11-13-23-30(28)31;;;;/h1-22,31H;3*1H;/q-1;;;;+4/p-3. The van der Waals surface area contributed by atoms with Gasteiger partial charge in [-0.2, -0.15) is 24.3 Å². The normalized spacial score (nSPS) is 13.7. The third kappa shape index (κ3) is 4.70. The summed E-state index contributed by atoms with van der Waals surface area (Å²) in [6.07, 6.45) is 0. The monoisotopic (exact) mass is 560 g/mol. The Morgan fingerprint density at radius 1 is 0.528 bits per heavy atom. The van der Waals surface area contributed by atoms with E-state index in [0.717, 1.165) is 0 Å². The first kappa shape index (κ1) is 25.3. The molecule has 0 saturated carbocycles. The van der Waals surface area contributed by atoms with Gasteiger partial charge in [0.1, 0.15) is 0 Å². The number of fused-ring (bicyclic) bond motifs is 3. The smallest absolute Gasteiger partial charge is 0.0539 e. The van der Waals surface area contributed by atoms with Gasteiger partial charge in [-0.3, -0.25) is 0 Å². The van der Waals surface area contributed by atoms with E-state index >= 15 is 0 Å². The van der Waals surface area contributed by atoms with E-state index in [4.69, 9.17) is 27.9 Å². The van der Waals surface area contributed by atoms with Gasteiger partial charge in [0.25, 0.3) is 0 Å². The second-order valence-electron chi connectivity index (χ2n) is 8.64. The van der Waals surface area contributed by atoms with Crippen LogP contribution in [0, 0.1) is 6.07 Å². The third-order valence-electron chi connectivity index (χ3n) is 6.86. The van der Waals surface area contributed by atoms with E-state index in [1.807, 2.05) is 0 Å². The molecule has 0 amide bonds. The van der Waals surface area contributed by atoms with Crippen molar-refractivity contribution in [1.29, 1.82) is 0 Å². The molecule has 176 valence electrons. The van der Waals surface area contributed by atoms with Gasteiger partial charge >= 0.3 is 42.6 Å². The van der Waals surface area contributed by atoms with Crippen LogP contribution < -0.4 is 0 Å². The summed E-state index contributed by atoms with van der Waals surface area (Å²) in [5.41, 5.74) is 8.73. The van der Waals surface area contributed by atoms with Crippen molar-refractivity contribution in [2.45, 2.75) is 11.3 Å². The van der Waals surface area contributed by atoms with Gasteiger partial charge in [0.2, 0.25) is 0 Å². The van der Waals surface area contributed by atoms with Crippen molar-refractivity contribution in [2.75, 3.05) is 0 Å². The van der Waals surface area contributed by atoms with E-state index in [2.05, 4.69) is 140 Å². The molecule has 1 atom stereocenters. The van der Waals surface area contributed by atoms with Gasteiger partial charge in [-0.15, -0.1) is 11.1 Å². The number of hydrogen-bond donors (Lipinski definition) is 0. The number of rotatable bonds is 4. The molecule has 0 aliphatic heterocycles.